The van der Waals surface area contributed by atoms with Crippen molar-refractivity contribution in [2.24, 2.45) is 0 Å². The normalized spacial score (nSPS) is 14.9. The van der Waals surface area contributed by atoms with Crippen molar-refractivity contribution in [3.8, 4) is 0 Å². The van der Waals surface area contributed by atoms with Crippen molar-refractivity contribution in [3.05, 3.63) is 0 Å². The van der Waals surface area contributed by atoms with Crippen molar-refractivity contribution in [1.82, 2.24) is 0 Å². The smallest absolute Gasteiger partial charge is 0.396 e. The second kappa shape index (κ2) is 18.5. The Morgan fingerprint density at radius 3 is 1.74 bits per heavy atom. The second-order valence-corrected chi connectivity index (χ2v) is 7.54. The van der Waals surface area contributed by atoms with Crippen LogP contribution >= 0.6 is 0 Å². The van der Waals surface area contributed by atoms with E-state index in [1.807, 2.05) is 6.92 Å². The maximum atomic E-state index is 13.5. The van der Waals surface area contributed by atoms with Crippen molar-refractivity contribution >= 4 is 0 Å². The minimum Gasteiger partial charge on any atom is -0.396 e. The first-order valence-electron chi connectivity index (χ1n) is 11.1. The van der Waals surface area contributed by atoms with Gasteiger partial charge in [0.2, 0.25) is 0 Å². The molecule has 0 aromatic heterocycles. The number of aliphatic hydroxyl groups is 3. The van der Waals surface area contributed by atoms with Gasteiger partial charge in [-0.15, -0.1) is 8.78 Å². The van der Waals surface area contributed by atoms with Gasteiger partial charge in [0.15, 0.2) is 0 Å². The summed E-state index contributed by atoms with van der Waals surface area (Å²) in [6.07, 6.45) is -14.1. The van der Waals surface area contributed by atoms with E-state index in [0.29, 0.717) is 25.9 Å². The lowest BCUT2D eigenvalue weighted by Gasteiger charge is -2.26. The molecule has 0 aromatic carbocycles. The first kappa shape index (κ1) is 34.2. The van der Waals surface area contributed by atoms with Gasteiger partial charge >= 0.3 is 18.5 Å². The minimum atomic E-state index is -5.38. The van der Waals surface area contributed by atoms with Crippen LogP contribution in [0.2, 0.25) is 0 Å². The number of hydrogen-bond donors (Lipinski definition) is 3. The molecule has 212 valence electrons. The summed E-state index contributed by atoms with van der Waals surface area (Å²) in [6.45, 7) is -2.87. The molecule has 15 heteroatoms. The van der Waals surface area contributed by atoms with Crippen LogP contribution in [-0.4, -0.2) is 106 Å². The molecule has 0 saturated heterocycles. The third kappa shape index (κ3) is 21.0. The molecule has 0 aliphatic heterocycles. The molecule has 2 atom stereocenters. The maximum Gasteiger partial charge on any atom is 0.495 e. The molecule has 0 heterocycles. The van der Waals surface area contributed by atoms with Gasteiger partial charge in [0.05, 0.1) is 39.1 Å². The molecule has 3 N–H and O–H groups in total. The van der Waals surface area contributed by atoms with E-state index >= 15 is 0 Å². The molecule has 0 radical (unpaired) electrons. The van der Waals surface area contributed by atoms with Crippen LogP contribution in [0.5, 0.6) is 0 Å². The van der Waals surface area contributed by atoms with Gasteiger partial charge in [0.1, 0.15) is 19.3 Å². The molecule has 0 bridgehead atoms. The van der Waals surface area contributed by atoms with Crippen LogP contribution in [-0.2, 0) is 28.4 Å². The first-order valence-corrected chi connectivity index (χ1v) is 11.1. The Hall–Kier alpha value is -0.780. The summed E-state index contributed by atoms with van der Waals surface area (Å²) in [5, 5.41) is 27.6. The highest BCUT2D eigenvalue weighted by atomic mass is 19.3. The van der Waals surface area contributed by atoms with Crippen molar-refractivity contribution in [3.63, 3.8) is 0 Å². The van der Waals surface area contributed by atoms with Crippen LogP contribution in [0.15, 0.2) is 0 Å². The van der Waals surface area contributed by atoms with E-state index in [2.05, 4.69) is 18.9 Å². The van der Waals surface area contributed by atoms with E-state index in [0.717, 1.165) is 6.42 Å². The molecule has 0 aromatic rings. The fourth-order valence-electron chi connectivity index (χ4n) is 2.38. The third-order valence-corrected chi connectivity index (χ3v) is 3.97. The Bertz CT molecular complexity index is 517. The average Bonchev–Trinajstić information content (AvgIpc) is 2.72. The summed E-state index contributed by atoms with van der Waals surface area (Å²) < 4.78 is 106. The highest BCUT2D eigenvalue weighted by Crippen LogP contribution is 2.33. The quantitative estimate of drug-likeness (QED) is 0.0976. The maximum absolute atomic E-state index is 13.5. The van der Waals surface area contributed by atoms with Crippen LogP contribution < -0.4 is 0 Å². The largest absolute Gasteiger partial charge is 0.495 e. The summed E-state index contributed by atoms with van der Waals surface area (Å²) >= 11 is 0. The van der Waals surface area contributed by atoms with Crippen molar-refractivity contribution in [2.75, 3.05) is 59.5 Å². The molecular weight excluding hydrogens is 498 g/mol. The number of aliphatic hydroxyl groups excluding tert-OH is 3. The molecule has 0 amide bonds. The standard InChI is InChI=1S/C20H36F6O9/c1-2-3-6-16(28)11-33-15-19(23,24)35-20(25,26)34-18(21,22)14-32-10-9-31-13-17(29)12-30-8-5-4-7-27/h16-17,27-29H,2-15H2,1H3. The fourth-order valence-corrected chi connectivity index (χ4v) is 2.38. The SMILES string of the molecule is CCCCC(O)COCC(F)(F)OC(F)(F)OC(F)(F)COCCOCC(O)COCCCCO. The summed E-state index contributed by atoms with van der Waals surface area (Å²) in [7, 11) is 0. The van der Waals surface area contributed by atoms with Crippen molar-refractivity contribution in [2.45, 2.75) is 69.7 Å². The van der Waals surface area contributed by atoms with Crippen LogP contribution in [0.3, 0.4) is 0 Å². The zero-order chi connectivity index (χ0) is 26.8. The van der Waals surface area contributed by atoms with Gasteiger partial charge in [-0.1, -0.05) is 19.8 Å². The lowest BCUT2D eigenvalue weighted by Crippen LogP contribution is -2.44. The second-order valence-electron chi connectivity index (χ2n) is 7.54. The summed E-state index contributed by atoms with van der Waals surface area (Å²) in [4.78, 5) is 0. The minimum absolute atomic E-state index is 0.0240. The Kier molecular flexibility index (Phi) is 18.1. The van der Waals surface area contributed by atoms with Crippen LogP contribution in [0.1, 0.15) is 39.0 Å². The number of ether oxygens (including phenoxy) is 6. The van der Waals surface area contributed by atoms with E-state index in [1.54, 1.807) is 0 Å². The van der Waals surface area contributed by atoms with E-state index < -0.39 is 57.1 Å². The molecule has 9 nitrogen and oxygen atoms in total. The predicted octanol–water partition coefficient (Wildman–Crippen LogP) is 2.51. The number of halogens is 6. The summed E-state index contributed by atoms with van der Waals surface area (Å²) in [5.74, 6) is 0. The molecular formula is C20H36F6O9. The molecule has 0 saturated carbocycles. The Morgan fingerprint density at radius 1 is 0.657 bits per heavy atom. The Balaban J connectivity index is 4.11. The van der Waals surface area contributed by atoms with Gasteiger partial charge in [-0.05, 0) is 19.3 Å². The first-order chi connectivity index (χ1) is 16.3. The highest BCUT2D eigenvalue weighted by Gasteiger charge is 2.52. The topological polar surface area (TPSA) is 116 Å². The molecule has 0 rings (SSSR count). The number of hydrogen-bond acceptors (Lipinski definition) is 9. The monoisotopic (exact) mass is 534 g/mol. The predicted molar refractivity (Wildman–Crippen MR) is 108 cm³/mol. The van der Waals surface area contributed by atoms with Crippen LogP contribution in [0, 0.1) is 0 Å². The lowest BCUT2D eigenvalue weighted by atomic mass is 10.2. The number of alkyl halides is 6. The van der Waals surface area contributed by atoms with Gasteiger partial charge < -0.3 is 34.3 Å². The van der Waals surface area contributed by atoms with E-state index in [4.69, 9.17) is 14.6 Å². The number of unbranched alkanes of at least 4 members (excludes halogenated alkanes) is 2. The zero-order valence-electron chi connectivity index (χ0n) is 19.6. The molecule has 0 aliphatic rings. The van der Waals surface area contributed by atoms with E-state index in [1.165, 1.54) is 0 Å². The molecule has 35 heavy (non-hydrogen) atoms. The molecule has 0 fully saturated rings. The molecule has 2 unspecified atom stereocenters. The lowest BCUT2D eigenvalue weighted by molar-refractivity contribution is -0.518. The molecule has 0 aliphatic carbocycles. The van der Waals surface area contributed by atoms with Crippen molar-refractivity contribution in [1.29, 1.82) is 0 Å². The number of rotatable bonds is 24. The summed E-state index contributed by atoms with van der Waals surface area (Å²) in [6, 6.07) is 0. The van der Waals surface area contributed by atoms with Gasteiger partial charge in [-0.2, -0.15) is 17.6 Å². The van der Waals surface area contributed by atoms with Gasteiger partial charge in [0, 0.05) is 13.2 Å². The fraction of sp³-hybridized carbons (Fsp3) is 1.00. The van der Waals surface area contributed by atoms with Gasteiger partial charge in [-0.25, -0.2) is 9.47 Å². The van der Waals surface area contributed by atoms with Gasteiger partial charge in [-0.3, -0.25) is 0 Å². The average molecular weight is 534 g/mol. The van der Waals surface area contributed by atoms with E-state index in [-0.39, 0.29) is 32.8 Å². The zero-order valence-corrected chi connectivity index (χ0v) is 19.6. The highest BCUT2D eigenvalue weighted by molar-refractivity contribution is 4.59. The third-order valence-electron chi connectivity index (χ3n) is 3.97. The summed E-state index contributed by atoms with van der Waals surface area (Å²) in [5.41, 5.74) is 0. The van der Waals surface area contributed by atoms with Gasteiger partial charge in [0.25, 0.3) is 0 Å². The molecule has 0 spiro atoms. The Labute approximate surface area is 200 Å². The Morgan fingerprint density at radius 2 is 1.17 bits per heavy atom. The van der Waals surface area contributed by atoms with E-state index in [9.17, 15) is 36.6 Å². The van der Waals surface area contributed by atoms with Crippen molar-refractivity contribution < 1.29 is 70.1 Å². The van der Waals surface area contributed by atoms with Crippen LogP contribution in [0.25, 0.3) is 0 Å². The van der Waals surface area contributed by atoms with Crippen LogP contribution in [0.4, 0.5) is 26.3 Å².